The average molecular weight is 400 g/mol. The Morgan fingerprint density at radius 2 is 1.66 bits per heavy atom. The molecule has 4 rings (SSSR count). The molecule has 2 aromatic carbocycles. The second-order valence-corrected chi connectivity index (χ2v) is 8.54. The first-order chi connectivity index (χ1) is 14.0. The van der Waals surface area contributed by atoms with Gasteiger partial charge in [0.1, 0.15) is 23.8 Å². The molecule has 2 fully saturated rings. The number of β-amino-alcohol motifs (C(OH)–C–C–N with tert-alkyl or cyclic N) is 1. The number of likely N-dealkylation sites (tertiary alicyclic amines) is 1. The molecule has 4 nitrogen and oxygen atoms in total. The van der Waals surface area contributed by atoms with Crippen molar-refractivity contribution in [3.05, 3.63) is 66.0 Å². The average Bonchev–Trinajstić information content (AvgIpc) is 2.76. The summed E-state index contributed by atoms with van der Waals surface area (Å²) < 4.78 is 18.7. The highest BCUT2D eigenvalue weighted by atomic mass is 19.1. The molecule has 2 N–H and O–H groups in total. The summed E-state index contributed by atoms with van der Waals surface area (Å²) in [6, 6.07) is 16.9. The normalized spacial score (nSPS) is 30.8. The topological polar surface area (TPSA) is 52.9 Å². The molecule has 0 bridgehead atoms. The van der Waals surface area contributed by atoms with Gasteiger partial charge in [0.2, 0.25) is 0 Å². The molecule has 1 aliphatic carbocycles. The third-order valence-electron chi connectivity index (χ3n) is 6.57. The van der Waals surface area contributed by atoms with Gasteiger partial charge in [0.15, 0.2) is 0 Å². The summed E-state index contributed by atoms with van der Waals surface area (Å²) in [4.78, 5) is 2.32. The van der Waals surface area contributed by atoms with Crippen molar-refractivity contribution in [2.75, 3.05) is 19.7 Å². The number of aliphatic hydroxyl groups excluding tert-OH is 1. The number of ether oxygens (including phenoxy) is 1. The van der Waals surface area contributed by atoms with Crippen molar-refractivity contribution in [2.45, 2.75) is 55.8 Å². The highest BCUT2D eigenvalue weighted by Crippen LogP contribution is 2.36. The van der Waals surface area contributed by atoms with Gasteiger partial charge in [0.25, 0.3) is 0 Å². The molecule has 0 radical (unpaired) electrons. The minimum atomic E-state index is -1.32. The molecule has 0 amide bonds. The molecular weight excluding hydrogens is 369 g/mol. The van der Waals surface area contributed by atoms with Crippen LogP contribution in [-0.4, -0.2) is 52.6 Å². The fourth-order valence-electron chi connectivity index (χ4n) is 4.79. The lowest BCUT2D eigenvalue weighted by Gasteiger charge is -2.46. The molecule has 156 valence electrons. The third-order valence-corrected chi connectivity index (χ3v) is 6.57. The van der Waals surface area contributed by atoms with E-state index in [1.165, 1.54) is 29.8 Å². The number of halogens is 1. The Balaban J connectivity index is 1.34. The van der Waals surface area contributed by atoms with E-state index in [0.29, 0.717) is 30.7 Å². The predicted octanol–water partition coefficient (Wildman–Crippen LogP) is 3.73. The molecule has 1 aliphatic heterocycles. The largest absolute Gasteiger partial charge is 0.490 e. The van der Waals surface area contributed by atoms with Crippen molar-refractivity contribution in [3.63, 3.8) is 0 Å². The van der Waals surface area contributed by atoms with E-state index in [9.17, 15) is 14.6 Å². The Morgan fingerprint density at radius 3 is 2.34 bits per heavy atom. The fourth-order valence-corrected chi connectivity index (χ4v) is 4.79. The lowest BCUT2D eigenvalue weighted by atomic mass is 9.80. The van der Waals surface area contributed by atoms with E-state index in [-0.39, 0.29) is 12.4 Å². The Morgan fingerprint density at radius 1 is 0.966 bits per heavy atom. The van der Waals surface area contributed by atoms with E-state index >= 15 is 0 Å². The van der Waals surface area contributed by atoms with Crippen molar-refractivity contribution in [1.29, 1.82) is 0 Å². The van der Waals surface area contributed by atoms with Crippen LogP contribution >= 0.6 is 0 Å². The van der Waals surface area contributed by atoms with Crippen molar-refractivity contribution in [2.24, 2.45) is 0 Å². The van der Waals surface area contributed by atoms with Crippen LogP contribution in [0.25, 0.3) is 0 Å². The van der Waals surface area contributed by atoms with Crippen LogP contribution in [0.15, 0.2) is 54.6 Å². The SMILES string of the molecule is O[C@H]1CCN(C2CCC(c3ccccc3)CC2)C[C@]1(O)COc1ccc(F)cc1. The van der Waals surface area contributed by atoms with E-state index < -0.39 is 11.7 Å². The Hall–Kier alpha value is -1.95. The van der Waals surface area contributed by atoms with Crippen molar-refractivity contribution in [3.8, 4) is 5.75 Å². The van der Waals surface area contributed by atoms with Crippen LogP contribution < -0.4 is 4.74 Å². The zero-order valence-electron chi connectivity index (χ0n) is 16.7. The lowest BCUT2D eigenvalue weighted by molar-refractivity contribution is -0.147. The number of rotatable bonds is 5. The number of hydrogen-bond donors (Lipinski definition) is 2. The number of aliphatic hydroxyl groups is 2. The van der Waals surface area contributed by atoms with Crippen molar-refractivity contribution < 1.29 is 19.3 Å². The van der Waals surface area contributed by atoms with Crippen molar-refractivity contribution >= 4 is 0 Å². The summed E-state index contributed by atoms with van der Waals surface area (Å²) >= 11 is 0. The Kier molecular flexibility index (Phi) is 6.18. The molecule has 2 atom stereocenters. The summed E-state index contributed by atoms with van der Waals surface area (Å²) in [7, 11) is 0. The summed E-state index contributed by atoms with van der Waals surface area (Å²) in [5, 5.41) is 21.5. The summed E-state index contributed by atoms with van der Waals surface area (Å²) in [5.41, 5.74) is 0.104. The van der Waals surface area contributed by atoms with E-state index in [4.69, 9.17) is 4.74 Å². The molecule has 2 aromatic rings. The number of nitrogens with zero attached hydrogens (tertiary/aromatic N) is 1. The minimum absolute atomic E-state index is 0.00431. The van der Waals surface area contributed by atoms with Gasteiger partial charge in [0.05, 0.1) is 6.10 Å². The van der Waals surface area contributed by atoms with Gasteiger partial charge in [-0.2, -0.15) is 0 Å². The monoisotopic (exact) mass is 399 g/mol. The molecule has 0 unspecified atom stereocenters. The summed E-state index contributed by atoms with van der Waals surface area (Å²) in [6.45, 7) is 1.19. The number of piperidine rings is 1. The molecular formula is C24H30FNO3. The zero-order chi connectivity index (χ0) is 20.3. The van der Waals surface area contributed by atoms with Gasteiger partial charge in [-0.05, 0) is 67.9 Å². The lowest BCUT2D eigenvalue weighted by Crippen LogP contribution is -2.62. The molecule has 29 heavy (non-hydrogen) atoms. The van der Waals surface area contributed by atoms with Gasteiger partial charge in [-0.3, -0.25) is 4.90 Å². The second kappa shape index (κ2) is 8.82. The van der Waals surface area contributed by atoms with Crippen LogP contribution in [0, 0.1) is 5.82 Å². The first-order valence-electron chi connectivity index (χ1n) is 10.6. The van der Waals surface area contributed by atoms with Crippen LogP contribution in [0.4, 0.5) is 4.39 Å². The van der Waals surface area contributed by atoms with Crippen LogP contribution in [0.1, 0.15) is 43.6 Å². The van der Waals surface area contributed by atoms with Crippen LogP contribution in [-0.2, 0) is 0 Å². The maximum Gasteiger partial charge on any atom is 0.137 e. The van der Waals surface area contributed by atoms with Gasteiger partial charge in [-0.25, -0.2) is 4.39 Å². The molecule has 2 aliphatic rings. The molecule has 1 saturated carbocycles. The molecule has 0 spiro atoms. The molecule has 1 heterocycles. The van der Waals surface area contributed by atoms with E-state index in [0.717, 1.165) is 32.2 Å². The second-order valence-electron chi connectivity index (χ2n) is 8.54. The Labute approximate surface area is 171 Å². The standard InChI is InChI=1S/C24H30FNO3/c25-20-8-12-22(13-9-20)29-17-24(28)16-26(15-14-23(24)27)21-10-6-19(7-11-21)18-4-2-1-3-5-18/h1-5,8-9,12-13,19,21,23,27-28H,6-7,10-11,14-17H2/t19?,21?,23-,24-/m0/s1. The fraction of sp³-hybridized carbons (Fsp3) is 0.500. The smallest absolute Gasteiger partial charge is 0.137 e. The highest BCUT2D eigenvalue weighted by Gasteiger charge is 2.44. The number of hydrogen-bond acceptors (Lipinski definition) is 4. The predicted molar refractivity (Wildman–Crippen MR) is 110 cm³/mol. The van der Waals surface area contributed by atoms with Crippen LogP contribution in [0.5, 0.6) is 5.75 Å². The van der Waals surface area contributed by atoms with Gasteiger partial charge >= 0.3 is 0 Å². The zero-order valence-corrected chi connectivity index (χ0v) is 16.7. The Bertz CT molecular complexity index is 776. The van der Waals surface area contributed by atoms with E-state index in [2.05, 4.69) is 35.2 Å². The van der Waals surface area contributed by atoms with Gasteiger partial charge in [-0.1, -0.05) is 30.3 Å². The third kappa shape index (κ3) is 4.80. The number of benzene rings is 2. The summed E-state index contributed by atoms with van der Waals surface area (Å²) in [6.07, 6.45) is 4.22. The van der Waals surface area contributed by atoms with Gasteiger partial charge in [0, 0.05) is 19.1 Å². The quantitative estimate of drug-likeness (QED) is 0.805. The van der Waals surface area contributed by atoms with Crippen LogP contribution in [0.3, 0.4) is 0 Å². The molecule has 0 aromatic heterocycles. The van der Waals surface area contributed by atoms with Crippen LogP contribution in [0.2, 0.25) is 0 Å². The maximum absolute atomic E-state index is 13.1. The first kappa shape index (κ1) is 20.3. The van der Waals surface area contributed by atoms with Gasteiger partial charge in [-0.15, -0.1) is 0 Å². The molecule has 1 saturated heterocycles. The van der Waals surface area contributed by atoms with Crippen molar-refractivity contribution in [1.82, 2.24) is 4.90 Å². The van der Waals surface area contributed by atoms with E-state index in [1.807, 2.05) is 0 Å². The maximum atomic E-state index is 13.1. The minimum Gasteiger partial charge on any atom is -0.490 e. The first-order valence-corrected chi connectivity index (χ1v) is 10.6. The van der Waals surface area contributed by atoms with E-state index in [1.54, 1.807) is 0 Å². The summed E-state index contributed by atoms with van der Waals surface area (Å²) in [5.74, 6) is 0.780. The molecule has 5 heteroatoms. The highest BCUT2D eigenvalue weighted by molar-refractivity contribution is 5.22. The van der Waals surface area contributed by atoms with Gasteiger partial charge < -0.3 is 14.9 Å².